The number of hydrogen-bond donors (Lipinski definition) is 1. The highest BCUT2D eigenvalue weighted by Gasteiger charge is 2.77. The summed E-state index contributed by atoms with van der Waals surface area (Å²) in [5, 5.41) is 9.21. The van der Waals surface area contributed by atoms with Crippen molar-refractivity contribution in [1.29, 1.82) is 0 Å². The minimum Gasteiger partial charge on any atom is -0.465 e. The van der Waals surface area contributed by atoms with E-state index in [1.54, 1.807) is 22.0 Å². The number of aliphatic hydroxyl groups is 1. The highest BCUT2D eigenvalue weighted by molar-refractivity contribution is 9.09. The molecule has 0 radical (unpaired) electrons. The fourth-order valence-corrected chi connectivity index (χ4v) is 7.29. The van der Waals surface area contributed by atoms with Gasteiger partial charge >= 0.3 is 5.97 Å². The van der Waals surface area contributed by atoms with Crippen molar-refractivity contribution in [2.24, 2.45) is 11.8 Å². The largest absolute Gasteiger partial charge is 0.465 e. The minimum atomic E-state index is -1.08. The lowest BCUT2D eigenvalue weighted by Crippen LogP contribution is -2.58. The van der Waals surface area contributed by atoms with Gasteiger partial charge in [0.05, 0.1) is 24.5 Å². The lowest BCUT2D eigenvalue weighted by atomic mass is 9.70. The maximum Gasteiger partial charge on any atom is 0.312 e. The molecule has 0 saturated carbocycles. The van der Waals surface area contributed by atoms with Gasteiger partial charge in [0.2, 0.25) is 11.8 Å². The monoisotopic (exact) mass is 582 g/mol. The molecular weight excluding hydrogens is 540 g/mol. The number of unbranched alkanes of at least 4 members (excludes halogenated alkanes) is 3. The first kappa shape index (κ1) is 29.8. The molecule has 3 aliphatic heterocycles. The molecule has 9 heteroatoms. The second-order valence-electron chi connectivity index (χ2n) is 10.5. The van der Waals surface area contributed by atoms with Crippen LogP contribution in [0.5, 0.6) is 0 Å². The molecule has 0 aromatic rings. The number of aliphatic hydroxyl groups excluding tert-OH is 1. The Balaban J connectivity index is 1.96. The molecule has 208 valence electrons. The number of rotatable bonds is 16. The zero-order valence-corrected chi connectivity index (χ0v) is 23.9. The molecule has 0 aromatic heterocycles. The number of halogens is 1. The predicted octanol–water partition coefficient (Wildman–Crippen LogP) is 3.61. The van der Waals surface area contributed by atoms with Crippen LogP contribution in [0.1, 0.15) is 65.2 Å². The summed E-state index contributed by atoms with van der Waals surface area (Å²) >= 11 is 3.69. The number of ether oxygens (including phenoxy) is 2. The number of amides is 2. The van der Waals surface area contributed by atoms with E-state index in [0.717, 1.165) is 25.7 Å². The van der Waals surface area contributed by atoms with Crippen LogP contribution in [-0.2, 0) is 23.9 Å². The number of carbonyl (C=O) groups is 3. The maximum absolute atomic E-state index is 14.3. The topological polar surface area (TPSA) is 96.4 Å². The van der Waals surface area contributed by atoms with Gasteiger partial charge in [-0.25, -0.2) is 0 Å². The molecule has 7 atom stereocenters. The lowest BCUT2D eigenvalue weighted by molar-refractivity contribution is -0.155. The zero-order chi connectivity index (χ0) is 27.2. The van der Waals surface area contributed by atoms with E-state index in [9.17, 15) is 19.5 Å². The van der Waals surface area contributed by atoms with E-state index in [4.69, 9.17) is 9.47 Å². The van der Waals surface area contributed by atoms with Crippen LogP contribution in [0.3, 0.4) is 0 Å². The number of hydrogen-bond acceptors (Lipinski definition) is 6. The molecule has 37 heavy (non-hydrogen) atoms. The Hall–Kier alpha value is -1.71. The molecule has 3 fully saturated rings. The number of carbonyl (C=O) groups excluding carboxylic acids is 3. The molecule has 3 aliphatic rings. The van der Waals surface area contributed by atoms with Crippen LogP contribution < -0.4 is 0 Å². The Labute approximate surface area is 229 Å². The Kier molecular flexibility index (Phi) is 10.8. The summed E-state index contributed by atoms with van der Waals surface area (Å²) in [5.41, 5.74) is -1.08. The van der Waals surface area contributed by atoms with Crippen molar-refractivity contribution in [3.8, 4) is 0 Å². The molecule has 2 amide bonds. The number of likely N-dealkylation sites (tertiary alicyclic amines) is 1. The molecule has 3 rings (SSSR count). The molecule has 1 spiro atoms. The Morgan fingerprint density at radius 1 is 1.30 bits per heavy atom. The third-order valence-electron chi connectivity index (χ3n) is 8.00. The first-order valence-corrected chi connectivity index (χ1v) is 14.6. The Morgan fingerprint density at radius 3 is 2.70 bits per heavy atom. The molecule has 4 unspecified atom stereocenters. The number of alkyl halides is 1. The highest BCUT2D eigenvalue weighted by atomic mass is 79.9. The lowest BCUT2D eigenvalue weighted by Gasteiger charge is -2.39. The van der Waals surface area contributed by atoms with Gasteiger partial charge < -0.3 is 24.4 Å². The van der Waals surface area contributed by atoms with Gasteiger partial charge in [0.25, 0.3) is 0 Å². The summed E-state index contributed by atoms with van der Waals surface area (Å²) in [4.78, 5) is 44.8. The molecule has 3 saturated heterocycles. The molecule has 3 heterocycles. The number of esters is 1. The summed E-state index contributed by atoms with van der Waals surface area (Å²) in [5.74, 6) is -2.31. The predicted molar refractivity (Wildman–Crippen MR) is 145 cm³/mol. The average molecular weight is 584 g/mol. The van der Waals surface area contributed by atoms with Crippen molar-refractivity contribution in [3.05, 3.63) is 25.3 Å². The summed E-state index contributed by atoms with van der Waals surface area (Å²) in [6.45, 7) is 12.7. The molecule has 1 N–H and O–H groups in total. The van der Waals surface area contributed by atoms with Gasteiger partial charge in [-0.1, -0.05) is 41.4 Å². The van der Waals surface area contributed by atoms with E-state index >= 15 is 0 Å². The van der Waals surface area contributed by atoms with Crippen molar-refractivity contribution in [2.45, 2.75) is 93.8 Å². The van der Waals surface area contributed by atoms with Crippen molar-refractivity contribution in [3.63, 3.8) is 0 Å². The standard InChI is InChI=1S/C28H43BrN2O6/c1-5-8-12-17-36-27(35)21-22-25(33)31(15-10-9-11-16-32)24(28(22)18-20(29)23(21)37-28)26(34)30(14-7-3)19(4)13-6-2/h5,7,19-24,32H,1,3,6,8-18H2,2,4H3/t19?,20?,21-,22+,23-,24?,28?/m1/s1. The minimum absolute atomic E-state index is 0.0266. The van der Waals surface area contributed by atoms with E-state index in [1.807, 2.05) is 6.92 Å². The van der Waals surface area contributed by atoms with E-state index < -0.39 is 35.6 Å². The van der Waals surface area contributed by atoms with E-state index in [0.29, 0.717) is 38.8 Å². The zero-order valence-electron chi connectivity index (χ0n) is 22.3. The summed E-state index contributed by atoms with van der Waals surface area (Å²) in [7, 11) is 0. The first-order valence-electron chi connectivity index (χ1n) is 13.7. The molecular formula is C28H43BrN2O6. The second-order valence-corrected chi connectivity index (χ2v) is 11.7. The smallest absolute Gasteiger partial charge is 0.312 e. The van der Waals surface area contributed by atoms with Crippen LogP contribution >= 0.6 is 15.9 Å². The highest BCUT2D eigenvalue weighted by Crippen LogP contribution is 2.60. The van der Waals surface area contributed by atoms with Gasteiger partial charge in [-0.15, -0.1) is 13.2 Å². The van der Waals surface area contributed by atoms with Crippen LogP contribution in [0, 0.1) is 11.8 Å². The third-order valence-corrected chi connectivity index (χ3v) is 8.84. The molecule has 8 nitrogen and oxygen atoms in total. The normalized spacial score (nSPS) is 30.8. The van der Waals surface area contributed by atoms with E-state index in [-0.39, 0.29) is 35.9 Å². The summed E-state index contributed by atoms with van der Waals surface area (Å²) < 4.78 is 12.1. The average Bonchev–Trinajstić information content (AvgIpc) is 3.46. The third kappa shape index (κ3) is 5.83. The van der Waals surface area contributed by atoms with Crippen LogP contribution in [-0.4, -0.2) is 87.6 Å². The van der Waals surface area contributed by atoms with Gasteiger partial charge in [-0.3, -0.25) is 14.4 Å². The first-order chi connectivity index (χ1) is 17.8. The second kappa shape index (κ2) is 13.4. The van der Waals surface area contributed by atoms with Gasteiger partial charge in [0.15, 0.2) is 0 Å². The van der Waals surface area contributed by atoms with Crippen LogP contribution in [0.4, 0.5) is 0 Å². The van der Waals surface area contributed by atoms with Crippen molar-refractivity contribution < 1.29 is 29.0 Å². The number of allylic oxidation sites excluding steroid dienone is 1. The molecule has 0 aliphatic carbocycles. The molecule has 0 aromatic carbocycles. The van der Waals surface area contributed by atoms with E-state index in [1.165, 1.54) is 0 Å². The van der Waals surface area contributed by atoms with Crippen molar-refractivity contribution >= 4 is 33.7 Å². The van der Waals surface area contributed by atoms with Gasteiger partial charge in [0.1, 0.15) is 11.6 Å². The van der Waals surface area contributed by atoms with Crippen molar-refractivity contribution in [1.82, 2.24) is 9.80 Å². The Morgan fingerprint density at radius 2 is 2.05 bits per heavy atom. The maximum atomic E-state index is 14.3. The van der Waals surface area contributed by atoms with Crippen LogP contribution in [0.25, 0.3) is 0 Å². The summed E-state index contributed by atoms with van der Waals surface area (Å²) in [6, 6.07) is -0.844. The number of nitrogens with zero attached hydrogens (tertiary/aromatic N) is 2. The SMILES string of the molecule is C=CCCCOC(=O)[C@H]1[C@@H]2OC3(CC2Br)C(C(=O)N(CC=C)C(C)CCC)N(CCCCCO)C(=O)[C@H]13. The number of fused-ring (bicyclic) bond motifs is 1. The van der Waals surface area contributed by atoms with E-state index in [2.05, 4.69) is 36.0 Å². The fraction of sp³-hybridized carbons (Fsp3) is 0.750. The van der Waals surface area contributed by atoms with Gasteiger partial charge in [-0.05, 0) is 51.9 Å². The van der Waals surface area contributed by atoms with Gasteiger partial charge in [-0.2, -0.15) is 0 Å². The fourth-order valence-electron chi connectivity index (χ4n) is 6.34. The van der Waals surface area contributed by atoms with Crippen molar-refractivity contribution in [2.75, 3.05) is 26.3 Å². The Bertz CT molecular complexity index is 853. The summed E-state index contributed by atoms with van der Waals surface area (Å²) in [6.07, 6.45) is 8.62. The molecule has 2 bridgehead atoms. The quantitative estimate of drug-likeness (QED) is 0.129. The van der Waals surface area contributed by atoms with Crippen LogP contribution in [0.2, 0.25) is 0 Å². The van der Waals surface area contributed by atoms with Crippen LogP contribution in [0.15, 0.2) is 25.3 Å². The van der Waals surface area contributed by atoms with Gasteiger partial charge in [0, 0.05) is 30.6 Å².